The fraction of sp³-hybridized carbons (Fsp3) is 0.429. The molecule has 0 amide bonds. The van der Waals surface area contributed by atoms with Gasteiger partial charge in [0.15, 0.2) is 0 Å². The third kappa shape index (κ3) is 4.44. The van der Waals surface area contributed by atoms with Crippen molar-refractivity contribution in [1.82, 2.24) is 29.9 Å². The summed E-state index contributed by atoms with van der Waals surface area (Å²) in [6.45, 7) is 1.90. The first-order valence-electron chi connectivity index (χ1n) is 11.4. The van der Waals surface area contributed by atoms with Crippen LogP contribution in [0, 0.1) is 0 Å². The van der Waals surface area contributed by atoms with E-state index in [0.29, 0.717) is 17.5 Å². The molecular weight excluding hydrogens is 415 g/mol. The molecule has 0 radical (unpaired) electrons. The number of nitrogens with one attached hydrogen (secondary N) is 2. The van der Waals surface area contributed by atoms with E-state index in [2.05, 4.69) is 26.7 Å². The maximum Gasteiger partial charge on any atom is 0.228 e. The number of fused-ring (bicyclic) bond motifs is 2. The van der Waals surface area contributed by atoms with Crippen LogP contribution in [0.4, 0.5) is 5.95 Å². The van der Waals surface area contributed by atoms with E-state index in [-0.39, 0.29) is 6.04 Å². The topological polar surface area (TPSA) is 114 Å². The Bertz CT molecular complexity index is 1320. The molecule has 33 heavy (non-hydrogen) atoms. The number of aryl methyl sites for hydroxylation is 1. The molecule has 0 aliphatic heterocycles. The predicted molar refractivity (Wildman–Crippen MR) is 137 cm³/mol. The minimum absolute atomic E-state index is 0.222. The molecule has 3 heterocycles. The van der Waals surface area contributed by atoms with E-state index in [9.17, 15) is 5.11 Å². The zero-order valence-electron chi connectivity index (χ0n) is 19.8. The van der Waals surface area contributed by atoms with Gasteiger partial charge in [-0.25, -0.2) is 4.68 Å². The minimum atomic E-state index is -0.581. The lowest BCUT2D eigenvalue weighted by Gasteiger charge is -2.33. The maximum absolute atomic E-state index is 10.3. The van der Waals surface area contributed by atoms with Crippen LogP contribution in [0.15, 0.2) is 24.4 Å². The van der Waals surface area contributed by atoms with Crippen LogP contribution < -0.4 is 10.1 Å². The summed E-state index contributed by atoms with van der Waals surface area (Å²) in [6.07, 6.45) is 5.21. The fourth-order valence-corrected chi connectivity index (χ4v) is 4.42. The van der Waals surface area contributed by atoms with Gasteiger partial charge in [-0.3, -0.25) is 0 Å². The highest BCUT2D eigenvalue weighted by Gasteiger charge is 2.29. The highest BCUT2D eigenvalue weighted by Crippen LogP contribution is 2.37. The van der Waals surface area contributed by atoms with Crippen LogP contribution in [0.2, 0.25) is 0 Å². The Labute approximate surface area is 194 Å². The van der Waals surface area contributed by atoms with Crippen LogP contribution in [0.1, 0.15) is 32.6 Å². The van der Waals surface area contributed by atoms with Crippen molar-refractivity contribution in [2.45, 2.75) is 49.5 Å². The molecule has 0 atom stereocenters. The molecule has 0 saturated heterocycles. The largest absolute Gasteiger partial charge is 0.498 e. The molecule has 1 aliphatic rings. The summed E-state index contributed by atoms with van der Waals surface area (Å²) in [4.78, 5) is 12.9. The summed E-state index contributed by atoms with van der Waals surface area (Å²) >= 11 is 0. The number of benzene rings is 1. The molecule has 4 aromatic rings. The first-order chi connectivity index (χ1) is 15.6. The van der Waals surface area contributed by atoms with Crippen LogP contribution in [0.25, 0.3) is 33.2 Å². The number of ether oxygens (including phenoxy) is 1. The number of aromatic amines is 1. The van der Waals surface area contributed by atoms with Crippen molar-refractivity contribution in [3.8, 4) is 17.0 Å². The average molecular weight is 443 g/mol. The Morgan fingerprint density at radius 2 is 2.00 bits per heavy atom. The third-order valence-corrected chi connectivity index (χ3v) is 6.22. The quantitative estimate of drug-likeness (QED) is 0.370. The molecule has 168 valence electrons. The number of H-pyrrole nitrogens is 1. The normalized spacial score (nSPS) is 21.5. The highest BCUT2D eigenvalue weighted by atomic mass is 16.5. The van der Waals surface area contributed by atoms with Crippen LogP contribution in [-0.4, -0.2) is 75.5 Å². The van der Waals surface area contributed by atoms with Crippen molar-refractivity contribution in [1.29, 1.82) is 0 Å². The van der Waals surface area contributed by atoms with Crippen molar-refractivity contribution < 1.29 is 9.84 Å². The standard InChI is InChI=1S/C21H28B3N7O2/c1-20(32)7-5-12(6-8-20)26-19-27-17-16(18(28-19)33-21(22,23)24)13(10-25-17)11-3-4-14-15(9-11)31(2)30-29-14/h3-4,9-10,12,32H,5-8,22-24H2,1-2H3,(H2,25,26,27,28)/t12-,20-. The van der Waals surface area contributed by atoms with Gasteiger partial charge < -0.3 is 20.1 Å². The van der Waals surface area contributed by atoms with Crippen molar-refractivity contribution in [2.75, 3.05) is 5.32 Å². The molecule has 0 bridgehead atoms. The molecule has 1 aliphatic carbocycles. The number of hydrogen-bond donors (Lipinski definition) is 3. The molecule has 9 nitrogen and oxygen atoms in total. The van der Waals surface area contributed by atoms with Gasteiger partial charge in [-0.05, 0) is 50.3 Å². The smallest absolute Gasteiger partial charge is 0.228 e. The molecule has 0 unspecified atom stereocenters. The zero-order chi connectivity index (χ0) is 23.4. The van der Waals surface area contributed by atoms with Crippen LogP contribution >= 0.6 is 0 Å². The molecular formula is C21H28B3N7O2. The van der Waals surface area contributed by atoms with Gasteiger partial charge in [-0.15, -0.1) is 5.10 Å². The van der Waals surface area contributed by atoms with Gasteiger partial charge in [0, 0.05) is 30.1 Å². The summed E-state index contributed by atoms with van der Waals surface area (Å²) in [7, 11) is 7.92. The van der Waals surface area contributed by atoms with E-state index in [1.807, 2.05) is 55.8 Å². The van der Waals surface area contributed by atoms with Crippen LogP contribution in [-0.2, 0) is 7.05 Å². The van der Waals surface area contributed by atoms with Gasteiger partial charge in [-0.1, -0.05) is 11.3 Å². The first-order valence-corrected chi connectivity index (χ1v) is 11.4. The Kier molecular flexibility index (Phi) is 5.15. The minimum Gasteiger partial charge on any atom is -0.498 e. The van der Waals surface area contributed by atoms with E-state index >= 15 is 0 Å². The van der Waals surface area contributed by atoms with E-state index in [1.54, 1.807) is 4.68 Å². The summed E-state index contributed by atoms with van der Waals surface area (Å²) in [6, 6.07) is 6.29. The van der Waals surface area contributed by atoms with Crippen molar-refractivity contribution >= 4 is 51.6 Å². The Morgan fingerprint density at radius 1 is 1.24 bits per heavy atom. The highest BCUT2D eigenvalue weighted by molar-refractivity contribution is 6.58. The number of hydrogen-bond acceptors (Lipinski definition) is 7. The van der Waals surface area contributed by atoms with Gasteiger partial charge in [-0.2, -0.15) is 9.97 Å². The molecule has 3 N–H and O–H groups in total. The summed E-state index contributed by atoms with van der Waals surface area (Å²) in [5.74, 6) is 1.07. The molecule has 12 heteroatoms. The molecule has 5 rings (SSSR count). The van der Waals surface area contributed by atoms with Gasteiger partial charge in [0.25, 0.3) is 0 Å². The van der Waals surface area contributed by atoms with E-state index < -0.39 is 10.9 Å². The monoisotopic (exact) mass is 443 g/mol. The average Bonchev–Trinajstić information content (AvgIpc) is 3.32. The van der Waals surface area contributed by atoms with Crippen molar-refractivity contribution in [3.63, 3.8) is 0 Å². The first kappa shape index (κ1) is 21.8. The van der Waals surface area contributed by atoms with Gasteiger partial charge >= 0.3 is 0 Å². The fourth-order valence-electron chi connectivity index (χ4n) is 4.42. The SMILES string of the molecule is BC(B)(B)Oc1nc(N[C@H]2CC[C@](C)(O)CC2)nc2[nH]cc(-c3ccc4nnn(C)c4c3)c12. The Morgan fingerprint density at radius 3 is 2.73 bits per heavy atom. The number of anilines is 1. The number of nitrogens with zero attached hydrogens (tertiary/aromatic N) is 5. The number of rotatable bonds is 5. The van der Waals surface area contributed by atoms with Crippen molar-refractivity contribution in [2.24, 2.45) is 7.05 Å². The number of aromatic nitrogens is 6. The Hall–Kier alpha value is -3.01. The van der Waals surface area contributed by atoms with Gasteiger partial charge in [0.1, 0.15) is 34.7 Å². The van der Waals surface area contributed by atoms with Crippen LogP contribution in [0.3, 0.4) is 0 Å². The van der Waals surface area contributed by atoms with Crippen molar-refractivity contribution in [3.05, 3.63) is 24.4 Å². The van der Waals surface area contributed by atoms with E-state index in [0.717, 1.165) is 53.2 Å². The molecule has 1 aromatic carbocycles. The summed E-state index contributed by atoms with van der Waals surface area (Å²) < 4.78 is 8.08. The maximum atomic E-state index is 10.3. The Balaban J connectivity index is 1.55. The van der Waals surface area contributed by atoms with Gasteiger partial charge in [0.2, 0.25) is 11.8 Å². The van der Waals surface area contributed by atoms with Gasteiger partial charge in [0.05, 0.1) is 16.5 Å². The predicted octanol–water partition coefficient (Wildman–Crippen LogP) is -0.0985. The lowest BCUT2D eigenvalue weighted by Crippen LogP contribution is -2.38. The molecule has 3 aromatic heterocycles. The van der Waals surface area contributed by atoms with Crippen LogP contribution in [0.5, 0.6) is 5.88 Å². The second kappa shape index (κ2) is 7.79. The van der Waals surface area contributed by atoms with E-state index in [1.165, 1.54) is 0 Å². The van der Waals surface area contributed by atoms with E-state index in [4.69, 9.17) is 14.7 Å². The third-order valence-electron chi connectivity index (χ3n) is 6.22. The molecule has 1 fully saturated rings. The second-order valence-corrected chi connectivity index (χ2v) is 10.3. The second-order valence-electron chi connectivity index (χ2n) is 10.3. The summed E-state index contributed by atoms with van der Waals surface area (Å²) in [5, 5.41) is 22.4. The zero-order valence-corrected chi connectivity index (χ0v) is 19.8. The molecule has 0 spiro atoms. The summed E-state index contributed by atoms with van der Waals surface area (Å²) in [5.41, 5.74) is 3.91. The molecule has 1 saturated carbocycles. The number of aliphatic hydroxyl groups is 1. The lowest BCUT2D eigenvalue weighted by atomic mass is 9.52. The lowest BCUT2D eigenvalue weighted by molar-refractivity contribution is 0.0195.